The third-order valence-corrected chi connectivity index (χ3v) is 3.46. The zero-order chi connectivity index (χ0) is 16.8. The van der Waals surface area contributed by atoms with Crippen LogP contribution in [0.5, 0.6) is 0 Å². The molecular weight excluding hydrogens is 290 g/mol. The van der Waals surface area contributed by atoms with E-state index in [4.69, 9.17) is 0 Å². The van der Waals surface area contributed by atoms with E-state index in [0.717, 1.165) is 6.42 Å². The first kappa shape index (κ1) is 16.8. The molecule has 122 valence electrons. The van der Waals surface area contributed by atoms with Gasteiger partial charge in [0.15, 0.2) is 0 Å². The number of aromatic nitrogens is 1. The molecule has 2 amide bonds. The number of carbonyl (C=O) groups is 2. The Morgan fingerprint density at radius 2 is 1.52 bits per heavy atom. The summed E-state index contributed by atoms with van der Waals surface area (Å²) in [5, 5.41) is 5.64. The lowest BCUT2D eigenvalue weighted by Crippen LogP contribution is -2.26. The molecule has 1 atom stereocenters. The van der Waals surface area contributed by atoms with Gasteiger partial charge in [-0.05, 0) is 48.7 Å². The number of anilines is 2. The predicted molar refractivity (Wildman–Crippen MR) is 92.3 cm³/mol. The van der Waals surface area contributed by atoms with Gasteiger partial charge in [0, 0.05) is 30.7 Å². The van der Waals surface area contributed by atoms with E-state index in [-0.39, 0.29) is 17.9 Å². The molecule has 5 heteroatoms. The predicted octanol–water partition coefficient (Wildman–Crippen LogP) is 3.67. The van der Waals surface area contributed by atoms with Gasteiger partial charge in [-0.25, -0.2) is 0 Å². The monoisotopic (exact) mass is 313 g/mol. The van der Waals surface area contributed by atoms with Gasteiger partial charge in [-0.15, -0.1) is 0 Å². The topological polar surface area (TPSA) is 63.1 Å². The molecule has 0 aliphatic carbocycles. The molecule has 23 heavy (non-hydrogen) atoms. The molecule has 0 saturated carbocycles. The second kappa shape index (κ2) is 7.63. The van der Waals surface area contributed by atoms with Crippen LogP contribution in [0.25, 0.3) is 0 Å². The highest BCUT2D eigenvalue weighted by molar-refractivity contribution is 5.94. The first-order chi connectivity index (χ1) is 11.0. The van der Waals surface area contributed by atoms with Gasteiger partial charge in [0.2, 0.25) is 11.8 Å². The summed E-state index contributed by atoms with van der Waals surface area (Å²) < 4.78 is 1.93. The molecule has 0 aliphatic heterocycles. The lowest BCUT2D eigenvalue weighted by molar-refractivity contribution is -0.119. The lowest BCUT2D eigenvalue weighted by atomic mass is 10.0. The summed E-state index contributed by atoms with van der Waals surface area (Å²) in [6.45, 7) is 5.67. The number of benzene rings is 1. The first-order valence-electron chi connectivity index (χ1n) is 7.76. The SMILES string of the molecule is CC(=O)Nc1ccc(NC(=O)[C@@H](CC(C)C)n2cccc2)cc1. The van der Waals surface area contributed by atoms with Crippen LogP contribution in [-0.4, -0.2) is 16.4 Å². The highest BCUT2D eigenvalue weighted by Crippen LogP contribution is 2.21. The molecule has 2 N–H and O–H groups in total. The first-order valence-corrected chi connectivity index (χ1v) is 7.76. The van der Waals surface area contributed by atoms with Crippen LogP contribution >= 0.6 is 0 Å². The van der Waals surface area contributed by atoms with Gasteiger partial charge in [0.1, 0.15) is 6.04 Å². The molecule has 0 spiro atoms. The number of amides is 2. The number of hydrogen-bond donors (Lipinski definition) is 2. The maximum Gasteiger partial charge on any atom is 0.247 e. The van der Waals surface area contributed by atoms with Crippen LogP contribution < -0.4 is 10.6 Å². The fourth-order valence-corrected chi connectivity index (χ4v) is 2.43. The number of carbonyl (C=O) groups excluding carboxylic acids is 2. The second-order valence-corrected chi connectivity index (χ2v) is 6.02. The minimum atomic E-state index is -0.236. The van der Waals surface area contributed by atoms with Crippen molar-refractivity contribution in [2.24, 2.45) is 5.92 Å². The summed E-state index contributed by atoms with van der Waals surface area (Å²) in [7, 11) is 0. The fourth-order valence-electron chi connectivity index (χ4n) is 2.43. The summed E-state index contributed by atoms with van der Waals surface area (Å²) in [4.78, 5) is 23.6. The van der Waals surface area contributed by atoms with Gasteiger partial charge >= 0.3 is 0 Å². The molecule has 1 aromatic heterocycles. The van der Waals surface area contributed by atoms with E-state index in [0.29, 0.717) is 17.3 Å². The van der Waals surface area contributed by atoms with E-state index in [2.05, 4.69) is 24.5 Å². The van der Waals surface area contributed by atoms with E-state index < -0.39 is 0 Å². The van der Waals surface area contributed by atoms with Crippen LogP contribution in [0, 0.1) is 5.92 Å². The smallest absolute Gasteiger partial charge is 0.247 e. The summed E-state index contributed by atoms with van der Waals surface area (Å²) >= 11 is 0. The molecule has 2 aromatic rings. The minimum absolute atomic E-state index is 0.0397. The molecular formula is C18H23N3O2. The van der Waals surface area contributed by atoms with Crippen molar-refractivity contribution in [3.05, 3.63) is 48.8 Å². The van der Waals surface area contributed by atoms with Gasteiger partial charge in [0.05, 0.1) is 0 Å². The zero-order valence-electron chi connectivity index (χ0n) is 13.7. The van der Waals surface area contributed by atoms with Crippen LogP contribution in [0.2, 0.25) is 0 Å². The Morgan fingerprint density at radius 3 is 2.00 bits per heavy atom. The Labute approximate surface area is 136 Å². The van der Waals surface area contributed by atoms with Crippen molar-refractivity contribution < 1.29 is 9.59 Å². The van der Waals surface area contributed by atoms with Crippen LogP contribution in [0.15, 0.2) is 48.8 Å². The van der Waals surface area contributed by atoms with Crippen molar-refractivity contribution in [1.82, 2.24) is 4.57 Å². The quantitative estimate of drug-likeness (QED) is 0.854. The lowest BCUT2D eigenvalue weighted by Gasteiger charge is -2.20. The minimum Gasteiger partial charge on any atom is -0.342 e. The van der Waals surface area contributed by atoms with Crippen LogP contribution in [-0.2, 0) is 9.59 Å². The largest absolute Gasteiger partial charge is 0.342 e. The molecule has 5 nitrogen and oxygen atoms in total. The Hall–Kier alpha value is -2.56. The number of hydrogen-bond acceptors (Lipinski definition) is 2. The summed E-state index contributed by atoms with van der Waals surface area (Å²) in [6.07, 6.45) is 4.59. The third kappa shape index (κ3) is 4.98. The molecule has 0 fully saturated rings. The fraction of sp³-hybridized carbons (Fsp3) is 0.333. The molecule has 0 saturated heterocycles. The average molecular weight is 313 g/mol. The molecule has 0 unspecified atom stereocenters. The summed E-state index contributed by atoms with van der Waals surface area (Å²) in [5.74, 6) is 0.254. The summed E-state index contributed by atoms with van der Waals surface area (Å²) in [5.41, 5.74) is 1.42. The van der Waals surface area contributed by atoms with E-state index in [1.807, 2.05) is 29.1 Å². The van der Waals surface area contributed by atoms with E-state index in [9.17, 15) is 9.59 Å². The van der Waals surface area contributed by atoms with Gasteiger partial charge in [0.25, 0.3) is 0 Å². The molecule has 0 radical (unpaired) electrons. The summed E-state index contributed by atoms with van der Waals surface area (Å²) in [6, 6.07) is 10.7. The Bertz CT molecular complexity index is 645. The van der Waals surface area contributed by atoms with Crippen molar-refractivity contribution in [2.75, 3.05) is 10.6 Å². The molecule has 0 aliphatic rings. The van der Waals surface area contributed by atoms with Crippen LogP contribution in [0.1, 0.15) is 33.2 Å². The number of nitrogens with zero attached hydrogens (tertiary/aromatic N) is 1. The van der Waals surface area contributed by atoms with Gasteiger partial charge in [-0.3, -0.25) is 9.59 Å². The molecule has 1 heterocycles. The molecule has 0 bridgehead atoms. The Morgan fingerprint density at radius 1 is 1.00 bits per heavy atom. The van der Waals surface area contributed by atoms with Gasteiger partial charge in [-0.2, -0.15) is 0 Å². The molecule has 2 rings (SSSR count). The van der Waals surface area contributed by atoms with Crippen LogP contribution in [0.3, 0.4) is 0 Å². The van der Waals surface area contributed by atoms with Crippen LogP contribution in [0.4, 0.5) is 11.4 Å². The molecule has 1 aromatic carbocycles. The normalized spacial score (nSPS) is 12.0. The Kier molecular flexibility index (Phi) is 5.57. The van der Waals surface area contributed by atoms with Crippen molar-refractivity contribution in [1.29, 1.82) is 0 Å². The van der Waals surface area contributed by atoms with E-state index in [1.165, 1.54) is 6.92 Å². The number of rotatable bonds is 6. The van der Waals surface area contributed by atoms with Gasteiger partial charge < -0.3 is 15.2 Å². The van der Waals surface area contributed by atoms with Crippen molar-refractivity contribution in [3.63, 3.8) is 0 Å². The zero-order valence-corrected chi connectivity index (χ0v) is 13.7. The van der Waals surface area contributed by atoms with Crippen molar-refractivity contribution >= 4 is 23.2 Å². The highest BCUT2D eigenvalue weighted by atomic mass is 16.2. The van der Waals surface area contributed by atoms with Gasteiger partial charge in [-0.1, -0.05) is 13.8 Å². The van der Waals surface area contributed by atoms with Crippen molar-refractivity contribution in [2.45, 2.75) is 33.2 Å². The maximum atomic E-state index is 12.6. The van der Waals surface area contributed by atoms with Crippen molar-refractivity contribution in [3.8, 4) is 0 Å². The average Bonchev–Trinajstić information content (AvgIpc) is 3.00. The van der Waals surface area contributed by atoms with E-state index in [1.54, 1.807) is 24.3 Å². The standard InChI is InChI=1S/C18H23N3O2/c1-13(2)12-17(21-10-4-5-11-21)18(23)20-16-8-6-15(7-9-16)19-14(3)22/h4-11,13,17H,12H2,1-3H3,(H,19,22)(H,20,23)/t17-/m1/s1. The third-order valence-electron chi connectivity index (χ3n) is 3.46. The Balaban J connectivity index is 2.07. The van der Waals surface area contributed by atoms with E-state index >= 15 is 0 Å². The second-order valence-electron chi connectivity index (χ2n) is 6.02. The number of nitrogens with one attached hydrogen (secondary N) is 2. The highest BCUT2D eigenvalue weighted by Gasteiger charge is 2.21. The maximum absolute atomic E-state index is 12.6.